The van der Waals surface area contributed by atoms with Crippen LogP contribution in [0.25, 0.3) is 0 Å². The first-order valence-corrected chi connectivity index (χ1v) is 5.54. The Hall–Kier alpha value is -0.600. The van der Waals surface area contributed by atoms with Gasteiger partial charge in [-0.05, 0) is 36.0 Å². The molecule has 3 saturated carbocycles. The van der Waals surface area contributed by atoms with Crippen molar-refractivity contribution >= 4 is 0 Å². The van der Waals surface area contributed by atoms with E-state index in [4.69, 9.17) is 0 Å². The second-order valence-electron chi connectivity index (χ2n) is 5.73. The summed E-state index contributed by atoms with van der Waals surface area (Å²) in [6.45, 7) is 7.04. The lowest BCUT2D eigenvalue weighted by Crippen LogP contribution is -2.55. The van der Waals surface area contributed by atoms with Gasteiger partial charge in [0.15, 0.2) is 0 Å². The molecule has 0 aromatic carbocycles. The van der Waals surface area contributed by atoms with Crippen LogP contribution < -0.4 is 0 Å². The first-order valence-electron chi connectivity index (χ1n) is 5.54. The Labute approximate surface area is 85.0 Å². The smallest absolute Gasteiger partial charge is 0.206 e. The topological polar surface area (TPSA) is 43.1 Å². The van der Waals surface area contributed by atoms with Gasteiger partial charge in [0, 0.05) is 10.8 Å². The molecule has 0 amide bonds. The summed E-state index contributed by atoms with van der Waals surface area (Å²) in [5, 5.41) is 10.5. The maximum atomic E-state index is 10.5. The molecule has 0 radical (unpaired) electrons. The zero-order valence-corrected chi connectivity index (χ0v) is 9.19. The van der Waals surface area contributed by atoms with E-state index in [-0.39, 0.29) is 11.5 Å². The largest absolute Gasteiger partial charge is 0.265 e. The quantitative estimate of drug-likeness (QED) is 0.504. The minimum absolute atomic E-state index is 0.140. The maximum Gasteiger partial charge on any atom is 0.206 e. The molecule has 0 spiro atoms. The highest BCUT2D eigenvalue weighted by Gasteiger charge is 2.56. The third kappa shape index (κ3) is 1.25. The fourth-order valence-corrected chi connectivity index (χ4v) is 3.69. The molecule has 0 aromatic rings. The number of hydrogen-bond acceptors (Lipinski definition) is 2. The summed E-state index contributed by atoms with van der Waals surface area (Å²) in [5.74, 6) is 2.35. The zero-order valence-electron chi connectivity index (χ0n) is 9.19. The predicted molar refractivity (Wildman–Crippen MR) is 54.5 cm³/mol. The molecule has 0 aromatic heterocycles. The van der Waals surface area contributed by atoms with Crippen molar-refractivity contribution in [1.82, 2.24) is 0 Å². The lowest BCUT2D eigenvalue weighted by atomic mass is 9.43. The summed E-state index contributed by atoms with van der Waals surface area (Å²) < 4.78 is 0. The highest BCUT2D eigenvalue weighted by atomic mass is 16.6. The van der Waals surface area contributed by atoms with E-state index in [9.17, 15) is 10.1 Å². The normalized spacial score (nSPS) is 44.2. The predicted octanol–water partition coefficient (Wildman–Crippen LogP) is 2.58. The van der Waals surface area contributed by atoms with Gasteiger partial charge in [-0.15, -0.1) is 0 Å². The Balaban J connectivity index is 2.04. The van der Waals surface area contributed by atoms with E-state index in [2.05, 4.69) is 20.8 Å². The fourth-order valence-electron chi connectivity index (χ4n) is 3.69. The van der Waals surface area contributed by atoms with Gasteiger partial charge in [-0.25, -0.2) is 0 Å². The second-order valence-corrected chi connectivity index (χ2v) is 5.73. The van der Waals surface area contributed by atoms with E-state index >= 15 is 0 Å². The van der Waals surface area contributed by atoms with Crippen LogP contribution >= 0.6 is 0 Å². The molecule has 0 saturated heterocycles. The van der Waals surface area contributed by atoms with E-state index < -0.39 is 0 Å². The molecular weight excluding hydrogens is 178 g/mol. The molecule has 0 heterocycles. The van der Waals surface area contributed by atoms with E-state index in [0.29, 0.717) is 17.3 Å². The first kappa shape index (κ1) is 9.94. The van der Waals surface area contributed by atoms with Crippen molar-refractivity contribution in [3.8, 4) is 0 Å². The molecule has 14 heavy (non-hydrogen) atoms. The highest BCUT2D eigenvalue weighted by Crippen LogP contribution is 2.62. The maximum absolute atomic E-state index is 10.5. The summed E-state index contributed by atoms with van der Waals surface area (Å²) in [7, 11) is 0. The monoisotopic (exact) mass is 197 g/mol. The van der Waals surface area contributed by atoms with Gasteiger partial charge in [0.2, 0.25) is 6.54 Å². The van der Waals surface area contributed by atoms with Crippen LogP contribution in [0.2, 0.25) is 0 Å². The van der Waals surface area contributed by atoms with Gasteiger partial charge >= 0.3 is 0 Å². The average Bonchev–Trinajstić information content (AvgIpc) is 2.06. The van der Waals surface area contributed by atoms with Gasteiger partial charge in [0.1, 0.15) is 0 Å². The van der Waals surface area contributed by atoms with Crippen LogP contribution in [-0.2, 0) is 0 Å². The Morgan fingerprint density at radius 2 is 2.07 bits per heavy atom. The minimum Gasteiger partial charge on any atom is -0.265 e. The highest BCUT2D eigenvalue weighted by molar-refractivity contribution is 5.04. The van der Waals surface area contributed by atoms with E-state index in [0.717, 1.165) is 18.3 Å². The van der Waals surface area contributed by atoms with Crippen LogP contribution in [0.4, 0.5) is 0 Å². The summed E-state index contributed by atoms with van der Waals surface area (Å²) in [4.78, 5) is 10.4. The van der Waals surface area contributed by atoms with Crippen molar-refractivity contribution in [3.05, 3.63) is 10.1 Å². The Morgan fingerprint density at radius 1 is 1.43 bits per heavy atom. The van der Waals surface area contributed by atoms with Crippen LogP contribution in [0.5, 0.6) is 0 Å². The molecule has 3 aliphatic carbocycles. The minimum atomic E-state index is -0.140. The van der Waals surface area contributed by atoms with Gasteiger partial charge in [-0.1, -0.05) is 20.8 Å². The number of fused-ring (bicyclic) bond motifs is 2. The molecule has 0 N–H and O–H groups in total. The van der Waals surface area contributed by atoms with Crippen molar-refractivity contribution in [2.45, 2.75) is 33.6 Å². The van der Waals surface area contributed by atoms with Crippen LogP contribution in [0, 0.1) is 39.2 Å². The van der Waals surface area contributed by atoms with Crippen molar-refractivity contribution in [1.29, 1.82) is 0 Å². The van der Waals surface area contributed by atoms with Gasteiger partial charge in [0.05, 0.1) is 0 Å². The Morgan fingerprint density at radius 3 is 2.50 bits per heavy atom. The molecule has 3 rings (SSSR count). The number of rotatable bonds is 2. The van der Waals surface area contributed by atoms with Gasteiger partial charge in [-0.3, -0.25) is 10.1 Å². The third-order valence-corrected chi connectivity index (χ3v) is 4.90. The molecule has 3 aliphatic rings. The van der Waals surface area contributed by atoms with Crippen LogP contribution in [-0.4, -0.2) is 11.5 Å². The molecule has 3 fully saturated rings. The van der Waals surface area contributed by atoms with E-state index in [1.165, 1.54) is 6.42 Å². The van der Waals surface area contributed by atoms with Crippen LogP contribution in [0.3, 0.4) is 0 Å². The molecule has 0 aliphatic heterocycles. The van der Waals surface area contributed by atoms with E-state index in [1.54, 1.807) is 0 Å². The summed E-state index contributed by atoms with van der Waals surface area (Å²) in [6, 6.07) is 0. The average molecular weight is 197 g/mol. The van der Waals surface area contributed by atoms with Crippen molar-refractivity contribution in [2.75, 3.05) is 6.54 Å². The molecule has 0 unspecified atom stereocenters. The lowest BCUT2D eigenvalue weighted by Gasteiger charge is -2.61. The molecule has 80 valence electrons. The summed E-state index contributed by atoms with van der Waals surface area (Å²) >= 11 is 0. The summed E-state index contributed by atoms with van der Waals surface area (Å²) in [5.41, 5.74) is 0.451. The number of nitrogens with zero attached hydrogens (tertiary/aromatic N) is 1. The lowest BCUT2D eigenvalue weighted by molar-refractivity contribution is -0.493. The van der Waals surface area contributed by atoms with Crippen molar-refractivity contribution in [2.24, 2.45) is 29.1 Å². The summed E-state index contributed by atoms with van der Waals surface area (Å²) in [6.07, 6.45) is 2.38. The Bertz CT molecular complexity index is 262. The van der Waals surface area contributed by atoms with Crippen LogP contribution in [0.1, 0.15) is 33.6 Å². The molecule has 3 nitrogen and oxygen atoms in total. The van der Waals surface area contributed by atoms with Crippen molar-refractivity contribution in [3.63, 3.8) is 0 Å². The van der Waals surface area contributed by atoms with Crippen molar-refractivity contribution < 1.29 is 4.92 Å². The van der Waals surface area contributed by atoms with Gasteiger partial charge in [-0.2, -0.15) is 0 Å². The number of hydrogen-bond donors (Lipinski definition) is 0. The number of nitro groups is 1. The zero-order chi connectivity index (χ0) is 10.5. The van der Waals surface area contributed by atoms with Gasteiger partial charge < -0.3 is 0 Å². The standard InChI is InChI=1S/C11H19NO2/c1-7-8(6-12(13)14)4-9-5-10(7)11(9,2)3/h7-10H,4-6H2,1-3H3/t7-,8-,9+,10+/m1/s1. The van der Waals surface area contributed by atoms with E-state index in [1.807, 2.05) is 0 Å². The molecular formula is C11H19NO2. The third-order valence-electron chi connectivity index (χ3n) is 4.90. The molecule has 4 atom stereocenters. The SMILES string of the molecule is C[C@@H]1[C@@H](C[N+](=O)[O-])C[C@H]2C[C@@H]1C2(C)C. The van der Waals surface area contributed by atoms with Gasteiger partial charge in [0.25, 0.3) is 0 Å². The second kappa shape index (κ2) is 2.94. The molecule has 3 heteroatoms. The fraction of sp³-hybridized carbons (Fsp3) is 1.00. The first-order chi connectivity index (χ1) is 6.43. The Kier molecular flexibility index (Phi) is 2.09. The van der Waals surface area contributed by atoms with Crippen LogP contribution in [0.15, 0.2) is 0 Å². The molecule has 2 bridgehead atoms.